The highest BCUT2D eigenvalue weighted by Gasteiger charge is 2.27. The minimum atomic E-state index is -0.444. The number of piperazine rings is 1. The molecule has 0 saturated carbocycles. The second kappa shape index (κ2) is 8.74. The summed E-state index contributed by atoms with van der Waals surface area (Å²) in [5.41, 5.74) is 2.64. The van der Waals surface area contributed by atoms with E-state index in [-0.39, 0.29) is 16.9 Å². The van der Waals surface area contributed by atoms with E-state index < -0.39 is 5.82 Å². The van der Waals surface area contributed by atoms with Crippen LogP contribution in [-0.4, -0.2) is 65.0 Å². The van der Waals surface area contributed by atoms with E-state index in [9.17, 15) is 14.0 Å². The molecule has 3 aromatic rings. The van der Waals surface area contributed by atoms with Gasteiger partial charge in [-0.1, -0.05) is 6.08 Å². The second-order valence-corrected chi connectivity index (χ2v) is 8.38. The number of nitrogens with zero attached hydrogens (tertiary/aromatic N) is 4. The predicted octanol–water partition coefficient (Wildman–Crippen LogP) is 2.18. The van der Waals surface area contributed by atoms with Crippen molar-refractivity contribution in [2.24, 2.45) is 0 Å². The summed E-state index contributed by atoms with van der Waals surface area (Å²) >= 11 is 0. The van der Waals surface area contributed by atoms with Gasteiger partial charge in [0.1, 0.15) is 17.3 Å². The van der Waals surface area contributed by atoms with E-state index in [1.54, 1.807) is 25.4 Å². The van der Waals surface area contributed by atoms with Crippen LogP contribution in [0.15, 0.2) is 47.4 Å². The van der Waals surface area contributed by atoms with Gasteiger partial charge in [0.05, 0.1) is 22.8 Å². The lowest BCUT2D eigenvalue weighted by Crippen LogP contribution is -2.49. The molecule has 8 nitrogen and oxygen atoms in total. The number of pyridine rings is 1. The van der Waals surface area contributed by atoms with Crippen molar-refractivity contribution in [3.8, 4) is 0 Å². The molecule has 33 heavy (non-hydrogen) atoms. The zero-order valence-electron chi connectivity index (χ0n) is 18.3. The highest BCUT2D eigenvalue weighted by atomic mass is 19.1. The topological polar surface area (TPSA) is 94.2 Å². The molecule has 1 aromatic carbocycles. The van der Waals surface area contributed by atoms with Crippen molar-refractivity contribution in [2.75, 3.05) is 38.1 Å². The molecule has 1 fully saturated rings. The van der Waals surface area contributed by atoms with Crippen LogP contribution in [0.4, 0.5) is 10.1 Å². The summed E-state index contributed by atoms with van der Waals surface area (Å²) in [5.74, 6) is -0.0628. The molecule has 1 aliphatic heterocycles. The number of aromatic amines is 1. The van der Waals surface area contributed by atoms with Crippen molar-refractivity contribution in [2.45, 2.75) is 18.9 Å². The molecular formula is C24H25FN6O2. The molecule has 0 radical (unpaired) electrons. The van der Waals surface area contributed by atoms with Crippen molar-refractivity contribution in [1.82, 2.24) is 25.2 Å². The zero-order chi connectivity index (χ0) is 22.9. The average molecular weight is 449 g/mol. The third kappa shape index (κ3) is 4.23. The van der Waals surface area contributed by atoms with E-state index in [0.29, 0.717) is 23.1 Å². The number of H-pyrrole nitrogens is 1. The van der Waals surface area contributed by atoms with E-state index >= 15 is 0 Å². The molecule has 170 valence electrons. The van der Waals surface area contributed by atoms with Gasteiger partial charge in [0, 0.05) is 39.3 Å². The van der Waals surface area contributed by atoms with Gasteiger partial charge in [0.25, 0.3) is 11.5 Å². The summed E-state index contributed by atoms with van der Waals surface area (Å²) < 4.78 is 13.5. The summed E-state index contributed by atoms with van der Waals surface area (Å²) in [6.45, 7) is 3.56. The first-order valence-electron chi connectivity index (χ1n) is 11.1. The second-order valence-electron chi connectivity index (χ2n) is 8.38. The number of hydrogen-bond donors (Lipinski definition) is 2. The van der Waals surface area contributed by atoms with Crippen LogP contribution in [0, 0.1) is 5.82 Å². The lowest BCUT2D eigenvalue weighted by Gasteiger charge is -2.38. The standard InChI is InChI=1S/C24H25FN6O2/c1-26-24(33)21-7-5-18(14-27-21)31-10-8-30(9-11-31)17-4-2-15(12-17)22-28-20-6-3-16(25)13-19(20)23(32)29-22/h3,5-7,12-14,17H,2,4,8-11H2,1H3,(H,26,33)(H,28,29,32). The van der Waals surface area contributed by atoms with Gasteiger partial charge < -0.3 is 15.2 Å². The first-order valence-corrected chi connectivity index (χ1v) is 11.1. The monoisotopic (exact) mass is 448 g/mol. The highest BCUT2D eigenvalue weighted by Crippen LogP contribution is 2.30. The fourth-order valence-electron chi connectivity index (χ4n) is 4.60. The molecule has 3 heterocycles. The largest absolute Gasteiger partial charge is 0.368 e. The Morgan fingerprint density at radius 1 is 1.18 bits per heavy atom. The third-order valence-electron chi connectivity index (χ3n) is 6.43. The first kappa shape index (κ1) is 21.3. The molecule has 2 N–H and O–H groups in total. The van der Waals surface area contributed by atoms with Gasteiger partial charge >= 0.3 is 0 Å². The van der Waals surface area contributed by atoms with Crippen LogP contribution in [-0.2, 0) is 0 Å². The number of allylic oxidation sites excluding steroid dienone is 1. The number of carbonyl (C=O) groups is 1. The number of carbonyl (C=O) groups excluding carboxylic acids is 1. The fourth-order valence-corrected chi connectivity index (χ4v) is 4.60. The van der Waals surface area contributed by atoms with Crippen LogP contribution in [0.1, 0.15) is 29.2 Å². The van der Waals surface area contributed by atoms with Crippen molar-refractivity contribution >= 4 is 28.1 Å². The van der Waals surface area contributed by atoms with Gasteiger partial charge in [-0.2, -0.15) is 0 Å². The molecule has 1 atom stereocenters. The molecule has 2 aliphatic rings. The number of rotatable bonds is 4. The fraction of sp³-hybridized carbons (Fsp3) is 0.333. The number of halogens is 1. The van der Waals surface area contributed by atoms with Gasteiger partial charge in [-0.15, -0.1) is 0 Å². The minimum Gasteiger partial charge on any atom is -0.368 e. The molecule has 1 aliphatic carbocycles. The van der Waals surface area contributed by atoms with Crippen molar-refractivity contribution < 1.29 is 9.18 Å². The average Bonchev–Trinajstić information content (AvgIpc) is 3.34. The number of benzene rings is 1. The molecule has 0 bridgehead atoms. The van der Waals surface area contributed by atoms with E-state index in [2.05, 4.69) is 36.1 Å². The summed E-state index contributed by atoms with van der Waals surface area (Å²) in [5, 5.41) is 2.85. The van der Waals surface area contributed by atoms with Gasteiger partial charge in [0.2, 0.25) is 0 Å². The molecule has 2 aromatic heterocycles. The van der Waals surface area contributed by atoms with Gasteiger partial charge in [-0.25, -0.2) is 14.4 Å². The van der Waals surface area contributed by atoms with E-state index in [4.69, 9.17) is 0 Å². The summed E-state index contributed by atoms with van der Waals surface area (Å²) in [4.78, 5) is 40.5. The Kier molecular flexibility index (Phi) is 5.63. The van der Waals surface area contributed by atoms with Gasteiger partial charge in [0.15, 0.2) is 0 Å². The van der Waals surface area contributed by atoms with Crippen LogP contribution in [0.2, 0.25) is 0 Å². The van der Waals surface area contributed by atoms with Crippen LogP contribution in [0.25, 0.3) is 16.5 Å². The maximum atomic E-state index is 13.5. The third-order valence-corrected chi connectivity index (χ3v) is 6.43. The Hall–Kier alpha value is -3.59. The summed E-state index contributed by atoms with van der Waals surface area (Å²) in [6.07, 6.45) is 5.76. The Bertz CT molecular complexity index is 1280. The van der Waals surface area contributed by atoms with Crippen molar-refractivity contribution in [1.29, 1.82) is 0 Å². The molecule has 9 heteroatoms. The van der Waals surface area contributed by atoms with E-state index in [1.807, 2.05) is 6.07 Å². The first-order chi connectivity index (χ1) is 16.0. The molecule has 1 saturated heterocycles. The zero-order valence-corrected chi connectivity index (χ0v) is 18.3. The van der Waals surface area contributed by atoms with Crippen LogP contribution in [0.3, 0.4) is 0 Å². The highest BCUT2D eigenvalue weighted by molar-refractivity contribution is 5.92. The van der Waals surface area contributed by atoms with E-state index in [1.165, 1.54) is 12.1 Å². The van der Waals surface area contributed by atoms with Crippen molar-refractivity contribution in [3.63, 3.8) is 0 Å². The van der Waals surface area contributed by atoms with Crippen LogP contribution >= 0.6 is 0 Å². The number of fused-ring (bicyclic) bond motifs is 1. The SMILES string of the molecule is CNC(=O)c1ccc(N2CCN(C3C=C(c4nc5ccc(F)cc5c(=O)[nH]4)CC3)CC2)cn1. The molecular weight excluding hydrogens is 423 g/mol. The van der Waals surface area contributed by atoms with E-state index in [0.717, 1.165) is 50.3 Å². The number of hydrogen-bond acceptors (Lipinski definition) is 6. The Morgan fingerprint density at radius 2 is 2.00 bits per heavy atom. The van der Waals surface area contributed by atoms with Gasteiger partial charge in [-0.05, 0) is 48.7 Å². The van der Waals surface area contributed by atoms with Crippen LogP contribution in [0.5, 0.6) is 0 Å². The van der Waals surface area contributed by atoms with Crippen LogP contribution < -0.4 is 15.8 Å². The quantitative estimate of drug-likeness (QED) is 0.636. The smallest absolute Gasteiger partial charge is 0.269 e. The molecule has 5 rings (SSSR count). The maximum absolute atomic E-state index is 13.5. The van der Waals surface area contributed by atoms with Crippen molar-refractivity contribution in [3.05, 3.63) is 70.3 Å². The lowest BCUT2D eigenvalue weighted by atomic mass is 10.2. The normalized spacial score (nSPS) is 19.0. The minimum absolute atomic E-state index is 0.190. The Labute approximate surface area is 190 Å². The number of anilines is 1. The summed E-state index contributed by atoms with van der Waals surface area (Å²) in [6, 6.07) is 8.08. The Balaban J connectivity index is 1.25. The number of nitrogens with one attached hydrogen (secondary N) is 2. The predicted molar refractivity (Wildman–Crippen MR) is 125 cm³/mol. The maximum Gasteiger partial charge on any atom is 0.269 e. The molecule has 0 spiro atoms. The lowest BCUT2D eigenvalue weighted by molar-refractivity contribution is 0.0958. The molecule has 1 amide bonds. The Morgan fingerprint density at radius 3 is 2.73 bits per heavy atom. The van der Waals surface area contributed by atoms with Gasteiger partial charge in [-0.3, -0.25) is 14.5 Å². The number of amides is 1. The molecule has 1 unspecified atom stereocenters. The number of aromatic nitrogens is 3. The summed E-state index contributed by atoms with van der Waals surface area (Å²) in [7, 11) is 1.59.